The Kier molecular flexibility index (Phi) is 3.64. The number of halogens is 3. The van der Waals surface area contributed by atoms with Gasteiger partial charge in [0.05, 0.1) is 11.1 Å². The second kappa shape index (κ2) is 4.61. The van der Waals surface area contributed by atoms with Gasteiger partial charge in [-0.05, 0) is 13.0 Å². The zero-order chi connectivity index (χ0) is 12.3. The number of alkyl halides is 3. The number of rotatable bonds is 3. The van der Waals surface area contributed by atoms with Crippen LogP contribution in [0.15, 0.2) is 18.5 Å². The van der Waals surface area contributed by atoms with Gasteiger partial charge in [0.15, 0.2) is 5.78 Å². The van der Waals surface area contributed by atoms with Crippen molar-refractivity contribution in [2.75, 3.05) is 7.11 Å². The molecule has 3 nitrogen and oxygen atoms in total. The fraction of sp³-hybridized carbons (Fsp3) is 0.400. The molecule has 0 bridgehead atoms. The third-order valence-corrected chi connectivity index (χ3v) is 2.11. The number of Topliss-reactive ketones (excluding diaryl/α,β-unsaturated/α-hetero) is 1. The number of ether oxygens (including phenoxy) is 1. The predicted octanol–water partition coefficient (Wildman–Crippen LogP) is 2.32. The summed E-state index contributed by atoms with van der Waals surface area (Å²) >= 11 is 0. The van der Waals surface area contributed by atoms with E-state index in [1.165, 1.54) is 14.0 Å². The highest BCUT2D eigenvalue weighted by atomic mass is 19.4. The molecule has 0 aliphatic carbocycles. The maximum atomic E-state index is 12.6. The molecule has 0 saturated heterocycles. The lowest BCUT2D eigenvalue weighted by Gasteiger charge is -2.13. The molecule has 0 fully saturated rings. The number of carbonyl (C=O) groups excluding carboxylic acids is 1. The van der Waals surface area contributed by atoms with E-state index in [0.717, 1.165) is 18.5 Å². The molecule has 1 heterocycles. The van der Waals surface area contributed by atoms with Crippen LogP contribution in [0.2, 0.25) is 0 Å². The smallest absolute Gasteiger partial charge is 0.374 e. The van der Waals surface area contributed by atoms with Crippen molar-refractivity contribution in [3.63, 3.8) is 0 Å². The number of methoxy groups -OCH3 is 1. The summed E-state index contributed by atoms with van der Waals surface area (Å²) in [5, 5.41) is 0. The number of ketones is 1. The first-order chi connectivity index (χ1) is 7.38. The molecule has 1 atom stereocenters. The van der Waals surface area contributed by atoms with Crippen LogP contribution in [0, 0.1) is 0 Å². The van der Waals surface area contributed by atoms with E-state index < -0.39 is 29.2 Å². The van der Waals surface area contributed by atoms with Gasteiger partial charge >= 0.3 is 6.18 Å². The fourth-order valence-electron chi connectivity index (χ4n) is 1.16. The summed E-state index contributed by atoms with van der Waals surface area (Å²) in [6.07, 6.45) is -3.59. The van der Waals surface area contributed by atoms with Gasteiger partial charge in [0.25, 0.3) is 0 Å². The van der Waals surface area contributed by atoms with Crippen molar-refractivity contribution in [2.24, 2.45) is 0 Å². The predicted molar refractivity (Wildman–Crippen MR) is 50.0 cm³/mol. The molecule has 1 unspecified atom stereocenters. The first-order valence-corrected chi connectivity index (χ1v) is 4.46. The van der Waals surface area contributed by atoms with Crippen molar-refractivity contribution in [2.45, 2.75) is 19.2 Å². The maximum Gasteiger partial charge on any atom is 0.417 e. The Morgan fingerprint density at radius 3 is 2.62 bits per heavy atom. The number of hydrogen-bond donors (Lipinski definition) is 0. The van der Waals surface area contributed by atoms with E-state index in [9.17, 15) is 18.0 Å². The lowest BCUT2D eigenvalue weighted by atomic mass is 10.0. The van der Waals surface area contributed by atoms with Crippen LogP contribution in [0.25, 0.3) is 0 Å². The van der Waals surface area contributed by atoms with E-state index in [1.54, 1.807) is 0 Å². The summed E-state index contributed by atoms with van der Waals surface area (Å²) in [5.74, 6) is -0.733. The molecule has 0 saturated carbocycles. The minimum atomic E-state index is -4.57. The van der Waals surface area contributed by atoms with Crippen molar-refractivity contribution >= 4 is 5.78 Å². The number of carbonyl (C=O) groups is 1. The minimum Gasteiger partial charge on any atom is -0.374 e. The van der Waals surface area contributed by atoms with Crippen LogP contribution in [-0.4, -0.2) is 24.0 Å². The minimum absolute atomic E-state index is 0.468. The first-order valence-electron chi connectivity index (χ1n) is 4.46. The van der Waals surface area contributed by atoms with Crippen LogP contribution >= 0.6 is 0 Å². The average molecular weight is 233 g/mol. The molecule has 0 aliphatic heterocycles. The largest absolute Gasteiger partial charge is 0.417 e. The van der Waals surface area contributed by atoms with Gasteiger partial charge in [0.1, 0.15) is 6.10 Å². The molecule has 6 heteroatoms. The van der Waals surface area contributed by atoms with Crippen LogP contribution < -0.4 is 0 Å². The molecule has 88 valence electrons. The van der Waals surface area contributed by atoms with Crippen LogP contribution in [0.3, 0.4) is 0 Å². The quantitative estimate of drug-likeness (QED) is 0.752. The zero-order valence-electron chi connectivity index (χ0n) is 8.71. The lowest BCUT2D eigenvalue weighted by Crippen LogP contribution is -2.23. The van der Waals surface area contributed by atoms with Gasteiger partial charge in [0.2, 0.25) is 0 Å². The average Bonchev–Trinajstić information content (AvgIpc) is 2.26. The van der Waals surface area contributed by atoms with Gasteiger partial charge < -0.3 is 4.74 Å². The topological polar surface area (TPSA) is 39.2 Å². The Hall–Kier alpha value is -1.43. The normalized spacial score (nSPS) is 13.6. The summed E-state index contributed by atoms with van der Waals surface area (Å²) in [6.45, 7) is 1.38. The standard InChI is InChI=1S/C10H10F3NO2/c1-6(16-2)9(15)7-5-14-4-3-8(7)10(11,12)13/h3-6H,1-2H3. The number of hydrogen-bond acceptors (Lipinski definition) is 3. The van der Waals surface area contributed by atoms with Crippen molar-refractivity contribution in [1.29, 1.82) is 0 Å². The second-order valence-electron chi connectivity index (χ2n) is 3.16. The molecular formula is C10H10F3NO2. The van der Waals surface area contributed by atoms with E-state index in [-0.39, 0.29) is 0 Å². The Morgan fingerprint density at radius 1 is 1.50 bits per heavy atom. The number of nitrogens with zero attached hydrogens (tertiary/aromatic N) is 1. The highest BCUT2D eigenvalue weighted by Gasteiger charge is 2.36. The van der Waals surface area contributed by atoms with Crippen molar-refractivity contribution in [3.8, 4) is 0 Å². The Bertz CT molecular complexity index is 390. The van der Waals surface area contributed by atoms with Crippen LogP contribution in [0.4, 0.5) is 13.2 Å². The first kappa shape index (κ1) is 12.6. The van der Waals surface area contributed by atoms with E-state index in [1.807, 2.05) is 0 Å². The van der Waals surface area contributed by atoms with Gasteiger partial charge in [-0.3, -0.25) is 9.78 Å². The SMILES string of the molecule is COC(C)C(=O)c1cnccc1C(F)(F)F. The molecular weight excluding hydrogens is 223 g/mol. The van der Waals surface area contributed by atoms with Crippen molar-refractivity contribution in [1.82, 2.24) is 4.98 Å². The molecule has 1 rings (SSSR count). The Labute approximate surface area is 90.2 Å². The fourth-order valence-corrected chi connectivity index (χ4v) is 1.16. The van der Waals surface area contributed by atoms with Gasteiger partial charge in [-0.15, -0.1) is 0 Å². The molecule has 0 amide bonds. The van der Waals surface area contributed by atoms with Crippen LogP contribution in [0.1, 0.15) is 22.8 Å². The molecule has 0 aliphatic rings. The summed E-state index contributed by atoms with van der Waals surface area (Å²) in [4.78, 5) is 15.1. The van der Waals surface area contributed by atoms with Gasteiger partial charge in [-0.2, -0.15) is 13.2 Å². The highest BCUT2D eigenvalue weighted by Crippen LogP contribution is 2.31. The van der Waals surface area contributed by atoms with Crippen molar-refractivity contribution in [3.05, 3.63) is 29.6 Å². The van der Waals surface area contributed by atoms with Gasteiger partial charge in [-0.25, -0.2) is 0 Å². The molecule has 1 aromatic rings. The maximum absolute atomic E-state index is 12.6. The molecule has 0 aromatic carbocycles. The van der Waals surface area contributed by atoms with Crippen LogP contribution in [-0.2, 0) is 10.9 Å². The Morgan fingerprint density at radius 2 is 2.12 bits per heavy atom. The molecule has 0 N–H and O–H groups in total. The number of aromatic nitrogens is 1. The monoisotopic (exact) mass is 233 g/mol. The summed E-state index contributed by atoms with van der Waals surface area (Å²) in [7, 11) is 1.26. The van der Waals surface area contributed by atoms with Crippen LogP contribution in [0.5, 0.6) is 0 Å². The zero-order valence-corrected chi connectivity index (χ0v) is 8.71. The Balaban J connectivity index is 3.19. The number of pyridine rings is 1. The lowest BCUT2D eigenvalue weighted by molar-refractivity contribution is -0.138. The van der Waals surface area contributed by atoms with E-state index in [2.05, 4.69) is 9.72 Å². The van der Waals surface area contributed by atoms with Gasteiger partial charge in [0, 0.05) is 19.5 Å². The molecule has 16 heavy (non-hydrogen) atoms. The summed E-state index contributed by atoms with van der Waals surface area (Å²) in [5.41, 5.74) is -1.46. The third kappa shape index (κ3) is 2.57. The third-order valence-electron chi connectivity index (χ3n) is 2.11. The molecule has 1 aromatic heterocycles. The summed E-state index contributed by atoms with van der Waals surface area (Å²) in [6, 6.07) is 0.773. The second-order valence-corrected chi connectivity index (χ2v) is 3.16. The van der Waals surface area contributed by atoms with E-state index in [0.29, 0.717) is 0 Å². The van der Waals surface area contributed by atoms with Gasteiger partial charge in [-0.1, -0.05) is 0 Å². The van der Waals surface area contributed by atoms with E-state index >= 15 is 0 Å². The molecule has 0 radical (unpaired) electrons. The van der Waals surface area contributed by atoms with E-state index in [4.69, 9.17) is 0 Å². The van der Waals surface area contributed by atoms with Crippen molar-refractivity contribution < 1.29 is 22.7 Å². The highest BCUT2D eigenvalue weighted by molar-refractivity contribution is 6.00. The summed E-state index contributed by atoms with van der Waals surface area (Å²) < 4.78 is 42.4. The molecule has 0 spiro atoms.